The van der Waals surface area contributed by atoms with Crippen LogP contribution in [0.3, 0.4) is 0 Å². The Bertz CT molecular complexity index is 350. The lowest BCUT2D eigenvalue weighted by atomic mass is 10.3. The van der Waals surface area contributed by atoms with E-state index in [2.05, 4.69) is 10.3 Å². The molecule has 1 atom stereocenters. The van der Waals surface area contributed by atoms with Crippen LogP contribution in [0, 0.1) is 0 Å². The van der Waals surface area contributed by atoms with Gasteiger partial charge in [0.25, 0.3) is 0 Å². The number of carboxylic acid groups (broad SMARTS) is 1. The van der Waals surface area contributed by atoms with E-state index in [-0.39, 0.29) is 0 Å². The van der Waals surface area contributed by atoms with Crippen LogP contribution in [0.5, 0.6) is 0 Å². The van der Waals surface area contributed by atoms with Gasteiger partial charge in [0.05, 0.1) is 6.54 Å². The van der Waals surface area contributed by atoms with Gasteiger partial charge in [0, 0.05) is 26.0 Å². The number of likely N-dealkylation sites (N-methyl/N-ethyl adjacent to an activating group) is 2. The molecule has 1 rings (SSSR count). The molecule has 0 spiro atoms. The van der Waals surface area contributed by atoms with Crippen molar-refractivity contribution in [1.29, 1.82) is 0 Å². The van der Waals surface area contributed by atoms with Crippen molar-refractivity contribution < 1.29 is 9.90 Å². The highest BCUT2D eigenvalue weighted by atomic mass is 16.4. The van der Waals surface area contributed by atoms with E-state index < -0.39 is 12.0 Å². The zero-order chi connectivity index (χ0) is 12.1. The SMILES string of the molecule is CNC(CN(C)Cc1nccn1C)C(=O)O. The van der Waals surface area contributed by atoms with Gasteiger partial charge in [-0.2, -0.15) is 0 Å². The van der Waals surface area contributed by atoms with Crippen LogP contribution >= 0.6 is 0 Å². The summed E-state index contributed by atoms with van der Waals surface area (Å²) in [6.45, 7) is 1.08. The standard InChI is InChI=1S/C10H18N4O2/c1-11-8(10(15)16)6-13(2)7-9-12-4-5-14(9)3/h4-5,8,11H,6-7H2,1-3H3,(H,15,16). The number of aliphatic carboxylic acids is 1. The minimum atomic E-state index is -0.839. The number of carbonyl (C=O) groups is 1. The van der Waals surface area contributed by atoms with Crippen molar-refractivity contribution in [3.63, 3.8) is 0 Å². The van der Waals surface area contributed by atoms with E-state index in [1.54, 1.807) is 13.2 Å². The van der Waals surface area contributed by atoms with Gasteiger partial charge in [0.15, 0.2) is 0 Å². The Morgan fingerprint density at radius 1 is 1.75 bits per heavy atom. The van der Waals surface area contributed by atoms with E-state index in [1.807, 2.05) is 29.8 Å². The molecule has 0 bridgehead atoms. The molecule has 0 radical (unpaired) electrons. The average molecular weight is 226 g/mol. The van der Waals surface area contributed by atoms with Gasteiger partial charge in [-0.25, -0.2) is 4.98 Å². The number of aryl methyl sites for hydroxylation is 1. The van der Waals surface area contributed by atoms with Crippen molar-refractivity contribution in [2.75, 3.05) is 20.6 Å². The van der Waals surface area contributed by atoms with Crippen LogP contribution in [0.15, 0.2) is 12.4 Å². The van der Waals surface area contributed by atoms with Crippen LogP contribution in [-0.2, 0) is 18.4 Å². The summed E-state index contributed by atoms with van der Waals surface area (Å²) in [7, 11) is 5.44. The fourth-order valence-corrected chi connectivity index (χ4v) is 1.46. The summed E-state index contributed by atoms with van der Waals surface area (Å²) in [6.07, 6.45) is 3.60. The Hall–Kier alpha value is -1.40. The number of hydrogen-bond donors (Lipinski definition) is 2. The highest BCUT2D eigenvalue weighted by molar-refractivity contribution is 5.73. The summed E-state index contributed by atoms with van der Waals surface area (Å²) in [4.78, 5) is 16.9. The van der Waals surface area contributed by atoms with Gasteiger partial charge in [-0.15, -0.1) is 0 Å². The van der Waals surface area contributed by atoms with Crippen LogP contribution in [-0.4, -0.2) is 52.2 Å². The smallest absolute Gasteiger partial charge is 0.322 e. The number of rotatable bonds is 6. The number of hydrogen-bond acceptors (Lipinski definition) is 4. The molecule has 0 aliphatic rings. The number of carboxylic acids is 1. The third-order valence-corrected chi connectivity index (χ3v) is 2.47. The predicted octanol–water partition coefficient (Wildman–Crippen LogP) is -0.475. The number of nitrogens with one attached hydrogen (secondary N) is 1. The number of aromatic nitrogens is 2. The third kappa shape index (κ3) is 3.32. The van der Waals surface area contributed by atoms with Crippen molar-refractivity contribution >= 4 is 5.97 Å². The largest absolute Gasteiger partial charge is 0.480 e. The Kier molecular flexibility index (Phi) is 4.45. The van der Waals surface area contributed by atoms with Crippen LogP contribution in [0.2, 0.25) is 0 Å². The molecule has 0 saturated carbocycles. The highest BCUT2D eigenvalue weighted by Gasteiger charge is 2.17. The second kappa shape index (κ2) is 5.62. The third-order valence-electron chi connectivity index (χ3n) is 2.47. The monoisotopic (exact) mass is 226 g/mol. The Morgan fingerprint density at radius 2 is 2.44 bits per heavy atom. The molecule has 0 aliphatic heterocycles. The molecule has 2 N–H and O–H groups in total. The molecule has 16 heavy (non-hydrogen) atoms. The fourth-order valence-electron chi connectivity index (χ4n) is 1.46. The molecule has 0 amide bonds. The Morgan fingerprint density at radius 3 is 2.88 bits per heavy atom. The van der Waals surface area contributed by atoms with Gasteiger partial charge >= 0.3 is 5.97 Å². The average Bonchev–Trinajstić information content (AvgIpc) is 2.60. The van der Waals surface area contributed by atoms with Crippen LogP contribution in [0.4, 0.5) is 0 Å². The number of nitrogens with zero attached hydrogens (tertiary/aromatic N) is 3. The highest BCUT2D eigenvalue weighted by Crippen LogP contribution is 2.00. The molecule has 0 fully saturated rings. The quantitative estimate of drug-likeness (QED) is 0.686. The molecule has 90 valence electrons. The zero-order valence-electron chi connectivity index (χ0n) is 9.84. The van der Waals surface area contributed by atoms with Crippen molar-refractivity contribution in [1.82, 2.24) is 19.8 Å². The van der Waals surface area contributed by atoms with Crippen molar-refractivity contribution in [2.24, 2.45) is 7.05 Å². The van der Waals surface area contributed by atoms with Gasteiger partial charge in [-0.1, -0.05) is 0 Å². The van der Waals surface area contributed by atoms with E-state index in [0.29, 0.717) is 13.1 Å². The maximum absolute atomic E-state index is 10.8. The van der Waals surface area contributed by atoms with Gasteiger partial charge in [-0.3, -0.25) is 9.69 Å². The zero-order valence-corrected chi connectivity index (χ0v) is 9.84. The molecule has 6 heteroatoms. The maximum Gasteiger partial charge on any atom is 0.322 e. The fraction of sp³-hybridized carbons (Fsp3) is 0.600. The molecule has 1 unspecified atom stereocenters. The van der Waals surface area contributed by atoms with Crippen molar-refractivity contribution in [2.45, 2.75) is 12.6 Å². The second-order valence-electron chi connectivity index (χ2n) is 3.83. The lowest BCUT2D eigenvalue weighted by Gasteiger charge is -2.20. The first-order valence-corrected chi connectivity index (χ1v) is 5.09. The van der Waals surface area contributed by atoms with Gasteiger partial charge in [-0.05, 0) is 14.1 Å². The first-order valence-electron chi connectivity index (χ1n) is 5.09. The number of imidazole rings is 1. The normalized spacial score (nSPS) is 13.0. The molecule has 0 saturated heterocycles. The minimum Gasteiger partial charge on any atom is -0.480 e. The topological polar surface area (TPSA) is 70.4 Å². The Balaban J connectivity index is 2.50. The van der Waals surface area contributed by atoms with Crippen LogP contribution in [0.25, 0.3) is 0 Å². The second-order valence-corrected chi connectivity index (χ2v) is 3.83. The molecule has 1 aromatic heterocycles. The van der Waals surface area contributed by atoms with Crippen molar-refractivity contribution in [3.05, 3.63) is 18.2 Å². The minimum absolute atomic E-state index is 0.443. The van der Waals surface area contributed by atoms with Gasteiger partial charge in [0.1, 0.15) is 11.9 Å². The van der Waals surface area contributed by atoms with E-state index in [4.69, 9.17) is 5.11 Å². The summed E-state index contributed by atoms with van der Waals surface area (Å²) in [5.41, 5.74) is 0. The summed E-state index contributed by atoms with van der Waals surface area (Å²) in [5.74, 6) is 0.0805. The maximum atomic E-state index is 10.8. The first-order chi connectivity index (χ1) is 7.54. The van der Waals surface area contributed by atoms with Gasteiger partial charge < -0.3 is 15.0 Å². The molecule has 0 aromatic carbocycles. The predicted molar refractivity (Wildman–Crippen MR) is 60.0 cm³/mol. The van der Waals surface area contributed by atoms with E-state index >= 15 is 0 Å². The summed E-state index contributed by atoms with van der Waals surface area (Å²) >= 11 is 0. The van der Waals surface area contributed by atoms with Crippen LogP contribution < -0.4 is 5.32 Å². The lowest BCUT2D eigenvalue weighted by Crippen LogP contribution is -2.43. The van der Waals surface area contributed by atoms with E-state index in [0.717, 1.165) is 5.82 Å². The summed E-state index contributed by atoms with van der Waals surface area (Å²) < 4.78 is 1.92. The first kappa shape index (κ1) is 12.7. The lowest BCUT2D eigenvalue weighted by molar-refractivity contribution is -0.139. The molecule has 1 heterocycles. The molecular weight excluding hydrogens is 208 g/mol. The summed E-state index contributed by atoms with van der Waals surface area (Å²) in [5, 5.41) is 11.7. The van der Waals surface area contributed by atoms with E-state index in [9.17, 15) is 4.79 Å². The van der Waals surface area contributed by atoms with Gasteiger partial charge in [0.2, 0.25) is 0 Å². The molecular formula is C10H18N4O2. The van der Waals surface area contributed by atoms with Crippen molar-refractivity contribution in [3.8, 4) is 0 Å². The van der Waals surface area contributed by atoms with Crippen LogP contribution in [0.1, 0.15) is 5.82 Å². The summed E-state index contributed by atoms with van der Waals surface area (Å²) in [6, 6.07) is -0.551. The Labute approximate surface area is 94.9 Å². The molecule has 6 nitrogen and oxygen atoms in total. The molecule has 1 aromatic rings. The van der Waals surface area contributed by atoms with E-state index in [1.165, 1.54) is 0 Å². The molecule has 0 aliphatic carbocycles.